The standard InChI is InChI=1S/C20H20Cl3NO5/c1-3-28-20(26)13-10-14(22)16(11-18(13)27-2)24-19(25)5-4-8-29-17-7-6-12(21)9-15(17)23/h6-7,9-11H,3-5,8H2,1-2H3,(H,24,25). The van der Waals surface area contributed by atoms with Crippen molar-refractivity contribution in [1.82, 2.24) is 0 Å². The normalized spacial score (nSPS) is 10.4. The number of esters is 1. The minimum Gasteiger partial charge on any atom is -0.496 e. The molecule has 6 nitrogen and oxygen atoms in total. The van der Waals surface area contributed by atoms with Crippen LogP contribution in [0.4, 0.5) is 5.69 Å². The van der Waals surface area contributed by atoms with Crippen LogP contribution in [-0.4, -0.2) is 32.2 Å². The highest BCUT2D eigenvalue weighted by atomic mass is 35.5. The molecule has 0 bridgehead atoms. The molecule has 0 atom stereocenters. The zero-order valence-corrected chi connectivity index (χ0v) is 18.2. The van der Waals surface area contributed by atoms with E-state index in [-0.39, 0.29) is 35.3 Å². The Hall–Kier alpha value is -2.15. The van der Waals surface area contributed by atoms with Crippen LogP contribution in [0.15, 0.2) is 30.3 Å². The van der Waals surface area contributed by atoms with Crippen molar-refractivity contribution < 1.29 is 23.8 Å². The first kappa shape index (κ1) is 23.1. The Bertz CT molecular complexity index is 889. The van der Waals surface area contributed by atoms with Crippen LogP contribution in [-0.2, 0) is 9.53 Å². The van der Waals surface area contributed by atoms with Crippen LogP contribution in [0.25, 0.3) is 0 Å². The molecule has 2 aromatic carbocycles. The SMILES string of the molecule is CCOC(=O)c1cc(Cl)c(NC(=O)CCCOc2ccc(Cl)cc2Cl)cc1OC. The number of hydrogen-bond donors (Lipinski definition) is 1. The second kappa shape index (κ2) is 11.1. The van der Waals surface area contributed by atoms with Crippen LogP contribution in [0.5, 0.6) is 11.5 Å². The lowest BCUT2D eigenvalue weighted by Crippen LogP contribution is -2.14. The average Bonchev–Trinajstić information content (AvgIpc) is 2.68. The van der Waals surface area contributed by atoms with Gasteiger partial charge in [0.2, 0.25) is 5.91 Å². The van der Waals surface area contributed by atoms with Gasteiger partial charge >= 0.3 is 5.97 Å². The maximum absolute atomic E-state index is 12.2. The van der Waals surface area contributed by atoms with Gasteiger partial charge in [0.15, 0.2) is 0 Å². The van der Waals surface area contributed by atoms with Gasteiger partial charge in [0.25, 0.3) is 0 Å². The Labute approximate surface area is 184 Å². The van der Waals surface area contributed by atoms with Gasteiger partial charge in [0.05, 0.1) is 36.1 Å². The van der Waals surface area contributed by atoms with Crippen LogP contribution in [0.3, 0.4) is 0 Å². The third-order valence-corrected chi connectivity index (χ3v) is 4.60. The van der Waals surface area contributed by atoms with E-state index in [1.807, 2.05) is 0 Å². The molecule has 156 valence electrons. The summed E-state index contributed by atoms with van der Waals surface area (Å²) in [4.78, 5) is 24.2. The number of ether oxygens (including phenoxy) is 3. The van der Waals surface area contributed by atoms with E-state index < -0.39 is 5.97 Å². The largest absolute Gasteiger partial charge is 0.496 e. The highest BCUT2D eigenvalue weighted by molar-refractivity contribution is 6.35. The van der Waals surface area contributed by atoms with Gasteiger partial charge in [-0.05, 0) is 37.6 Å². The lowest BCUT2D eigenvalue weighted by atomic mass is 10.1. The number of halogens is 3. The maximum Gasteiger partial charge on any atom is 0.341 e. The van der Waals surface area contributed by atoms with Crippen LogP contribution < -0.4 is 14.8 Å². The van der Waals surface area contributed by atoms with E-state index in [1.54, 1.807) is 25.1 Å². The molecule has 0 aliphatic heterocycles. The molecule has 0 fully saturated rings. The van der Waals surface area contributed by atoms with Gasteiger partial charge in [-0.2, -0.15) is 0 Å². The molecule has 2 rings (SSSR count). The molecule has 9 heteroatoms. The number of carbonyl (C=O) groups is 2. The number of hydrogen-bond acceptors (Lipinski definition) is 5. The maximum atomic E-state index is 12.2. The van der Waals surface area contributed by atoms with Crippen molar-refractivity contribution in [3.8, 4) is 11.5 Å². The molecule has 29 heavy (non-hydrogen) atoms. The molecule has 0 aliphatic rings. The number of methoxy groups -OCH3 is 1. The molecule has 1 N–H and O–H groups in total. The number of nitrogens with one attached hydrogen (secondary N) is 1. The number of rotatable bonds is 9. The van der Waals surface area contributed by atoms with Crippen LogP contribution in [0.1, 0.15) is 30.1 Å². The Morgan fingerprint density at radius 3 is 2.45 bits per heavy atom. The molecule has 0 unspecified atom stereocenters. The summed E-state index contributed by atoms with van der Waals surface area (Å²) in [5, 5.41) is 3.82. The van der Waals surface area contributed by atoms with Crippen LogP contribution in [0, 0.1) is 0 Å². The first-order chi connectivity index (χ1) is 13.8. The molecule has 0 saturated carbocycles. The third kappa shape index (κ3) is 6.70. The van der Waals surface area contributed by atoms with E-state index in [1.165, 1.54) is 19.2 Å². The monoisotopic (exact) mass is 459 g/mol. The Morgan fingerprint density at radius 2 is 1.79 bits per heavy atom. The summed E-state index contributed by atoms with van der Waals surface area (Å²) < 4.78 is 15.7. The van der Waals surface area contributed by atoms with E-state index in [0.29, 0.717) is 34.5 Å². The van der Waals surface area contributed by atoms with Gasteiger partial charge in [-0.1, -0.05) is 34.8 Å². The van der Waals surface area contributed by atoms with E-state index >= 15 is 0 Å². The van der Waals surface area contributed by atoms with Crippen molar-refractivity contribution in [2.75, 3.05) is 25.6 Å². The third-order valence-electron chi connectivity index (χ3n) is 3.76. The fourth-order valence-electron chi connectivity index (χ4n) is 2.41. The lowest BCUT2D eigenvalue weighted by Gasteiger charge is -2.13. The van der Waals surface area contributed by atoms with Gasteiger partial charge in [-0.3, -0.25) is 4.79 Å². The molecule has 0 heterocycles. The van der Waals surface area contributed by atoms with Crippen molar-refractivity contribution in [1.29, 1.82) is 0 Å². The lowest BCUT2D eigenvalue weighted by molar-refractivity contribution is -0.116. The molecule has 0 radical (unpaired) electrons. The summed E-state index contributed by atoms with van der Waals surface area (Å²) in [6, 6.07) is 7.81. The number of carbonyl (C=O) groups excluding carboxylic acids is 2. The summed E-state index contributed by atoms with van der Waals surface area (Å²) in [5.74, 6) is -0.0616. The first-order valence-electron chi connectivity index (χ1n) is 8.78. The van der Waals surface area contributed by atoms with E-state index in [9.17, 15) is 9.59 Å². The fourth-order valence-corrected chi connectivity index (χ4v) is 3.08. The van der Waals surface area contributed by atoms with Crippen molar-refractivity contribution >= 4 is 52.4 Å². The van der Waals surface area contributed by atoms with E-state index in [4.69, 9.17) is 49.0 Å². The van der Waals surface area contributed by atoms with Crippen molar-refractivity contribution in [3.05, 3.63) is 51.0 Å². The van der Waals surface area contributed by atoms with Gasteiger partial charge in [0, 0.05) is 17.5 Å². The zero-order chi connectivity index (χ0) is 21.4. The van der Waals surface area contributed by atoms with Crippen molar-refractivity contribution in [2.24, 2.45) is 0 Å². The Morgan fingerprint density at radius 1 is 1.03 bits per heavy atom. The molecule has 2 aromatic rings. The summed E-state index contributed by atoms with van der Waals surface area (Å²) in [7, 11) is 1.41. The van der Waals surface area contributed by atoms with Crippen molar-refractivity contribution in [3.63, 3.8) is 0 Å². The van der Waals surface area contributed by atoms with Crippen LogP contribution in [0.2, 0.25) is 15.1 Å². The predicted octanol–water partition coefficient (Wildman–Crippen LogP) is 5.63. The van der Waals surface area contributed by atoms with Crippen LogP contribution >= 0.6 is 34.8 Å². The summed E-state index contributed by atoms with van der Waals surface area (Å²) in [6.45, 7) is 2.22. The molecular weight excluding hydrogens is 441 g/mol. The average molecular weight is 461 g/mol. The molecule has 0 saturated heterocycles. The Balaban J connectivity index is 1.92. The zero-order valence-electron chi connectivity index (χ0n) is 15.9. The van der Waals surface area contributed by atoms with E-state index in [2.05, 4.69) is 5.32 Å². The highest BCUT2D eigenvalue weighted by Gasteiger charge is 2.18. The van der Waals surface area contributed by atoms with Gasteiger partial charge < -0.3 is 19.5 Å². The van der Waals surface area contributed by atoms with E-state index in [0.717, 1.165) is 0 Å². The van der Waals surface area contributed by atoms with Crippen molar-refractivity contribution in [2.45, 2.75) is 19.8 Å². The second-order valence-corrected chi connectivity index (χ2v) is 7.08. The molecule has 1 amide bonds. The predicted molar refractivity (Wildman–Crippen MR) is 114 cm³/mol. The summed E-state index contributed by atoms with van der Waals surface area (Å²) in [5.41, 5.74) is 0.522. The first-order valence-corrected chi connectivity index (χ1v) is 9.91. The minimum absolute atomic E-state index is 0.186. The second-order valence-electron chi connectivity index (χ2n) is 5.83. The van der Waals surface area contributed by atoms with Gasteiger partial charge in [-0.15, -0.1) is 0 Å². The number of anilines is 1. The smallest absolute Gasteiger partial charge is 0.341 e. The number of amides is 1. The summed E-state index contributed by atoms with van der Waals surface area (Å²) >= 11 is 18.1. The minimum atomic E-state index is -0.554. The molecule has 0 aliphatic carbocycles. The molecule has 0 aromatic heterocycles. The summed E-state index contributed by atoms with van der Waals surface area (Å²) in [6.07, 6.45) is 0.657. The highest BCUT2D eigenvalue weighted by Crippen LogP contribution is 2.32. The topological polar surface area (TPSA) is 73.9 Å². The molecular formula is C20H20Cl3NO5. The van der Waals surface area contributed by atoms with Gasteiger partial charge in [0.1, 0.15) is 17.1 Å². The fraction of sp³-hybridized carbons (Fsp3) is 0.300. The van der Waals surface area contributed by atoms with Gasteiger partial charge in [-0.25, -0.2) is 4.79 Å². The number of benzene rings is 2. The quantitative estimate of drug-likeness (QED) is 0.388. The molecule has 0 spiro atoms. The Kier molecular flexibility index (Phi) is 8.89.